The molecule has 12 nitrogen and oxygen atoms in total. The SMILES string of the molecule is CC(=O)OC[C@H]1OC(OC2CC(=O)CC(=O)O[C@H](C)C[C@@H]3O[C@H]23)C[C@@H](OC(C)=O)[C@H]1OC(C)=O. The molecule has 2 unspecified atom stereocenters. The van der Waals surface area contributed by atoms with Gasteiger partial charge in [-0.25, -0.2) is 0 Å². The molecule has 0 aromatic rings. The quantitative estimate of drug-likeness (QED) is 0.220. The van der Waals surface area contributed by atoms with Gasteiger partial charge in [0.1, 0.15) is 43.2 Å². The number of carbonyl (C=O) groups is 5. The minimum atomic E-state index is -1.04. The zero-order valence-electron chi connectivity index (χ0n) is 19.6. The summed E-state index contributed by atoms with van der Waals surface area (Å²) in [7, 11) is 0. The third kappa shape index (κ3) is 7.47. The Balaban J connectivity index is 1.76. The van der Waals surface area contributed by atoms with Gasteiger partial charge in [0, 0.05) is 40.0 Å². The topological polar surface area (TPSA) is 153 Å². The number of hydrogen-bond acceptors (Lipinski definition) is 12. The van der Waals surface area contributed by atoms with Gasteiger partial charge in [-0.2, -0.15) is 0 Å². The van der Waals surface area contributed by atoms with Crippen LogP contribution in [0.1, 0.15) is 53.4 Å². The van der Waals surface area contributed by atoms with E-state index in [4.69, 9.17) is 33.2 Å². The highest BCUT2D eigenvalue weighted by Gasteiger charge is 2.51. The van der Waals surface area contributed by atoms with Crippen LogP contribution >= 0.6 is 0 Å². The van der Waals surface area contributed by atoms with Gasteiger partial charge in [0.25, 0.3) is 0 Å². The van der Waals surface area contributed by atoms with E-state index in [1.807, 2.05) is 0 Å². The third-order valence-corrected chi connectivity index (χ3v) is 5.54. The van der Waals surface area contributed by atoms with E-state index in [0.717, 1.165) is 0 Å². The number of cyclic esters (lactones) is 1. The van der Waals surface area contributed by atoms with Gasteiger partial charge in [0.05, 0.1) is 12.2 Å². The van der Waals surface area contributed by atoms with Gasteiger partial charge in [-0.1, -0.05) is 0 Å². The zero-order chi connectivity index (χ0) is 25.0. The maximum atomic E-state index is 12.4. The number of esters is 4. The molecule has 0 aromatic carbocycles. The Labute approximate surface area is 196 Å². The van der Waals surface area contributed by atoms with Crippen LogP contribution in [0.25, 0.3) is 0 Å². The number of ether oxygens (including phenoxy) is 7. The molecule has 12 heteroatoms. The second-order valence-corrected chi connectivity index (χ2v) is 8.63. The van der Waals surface area contributed by atoms with Crippen LogP contribution in [0.3, 0.4) is 0 Å². The summed E-state index contributed by atoms with van der Waals surface area (Å²) in [5, 5.41) is 0. The lowest BCUT2D eigenvalue weighted by Gasteiger charge is -2.40. The van der Waals surface area contributed by atoms with Crippen molar-refractivity contribution in [1.29, 1.82) is 0 Å². The lowest BCUT2D eigenvalue weighted by molar-refractivity contribution is -0.277. The van der Waals surface area contributed by atoms with E-state index in [2.05, 4.69) is 0 Å². The maximum absolute atomic E-state index is 12.4. The highest BCUT2D eigenvalue weighted by Crippen LogP contribution is 2.36. The van der Waals surface area contributed by atoms with Crippen LogP contribution in [0.5, 0.6) is 0 Å². The Kier molecular flexibility index (Phi) is 8.61. The normalized spacial score (nSPS) is 35.9. The zero-order valence-corrected chi connectivity index (χ0v) is 19.6. The lowest BCUT2D eigenvalue weighted by Crippen LogP contribution is -2.55. The fraction of sp³-hybridized carbons (Fsp3) is 0.773. The molecule has 0 spiro atoms. The monoisotopic (exact) mass is 486 g/mol. The summed E-state index contributed by atoms with van der Waals surface area (Å²) in [6.07, 6.45) is -5.79. The van der Waals surface area contributed by atoms with Crippen LogP contribution in [0.2, 0.25) is 0 Å². The fourth-order valence-corrected chi connectivity index (χ4v) is 4.19. The second-order valence-electron chi connectivity index (χ2n) is 8.63. The first-order valence-corrected chi connectivity index (χ1v) is 11.2. The number of rotatable bonds is 6. The van der Waals surface area contributed by atoms with Gasteiger partial charge in [0.15, 0.2) is 12.4 Å². The Morgan fingerprint density at radius 2 is 1.65 bits per heavy atom. The first-order valence-electron chi connectivity index (χ1n) is 11.2. The minimum absolute atomic E-state index is 0.00534. The van der Waals surface area contributed by atoms with Crippen LogP contribution in [0, 0.1) is 0 Å². The molecule has 34 heavy (non-hydrogen) atoms. The second kappa shape index (κ2) is 11.2. The molecule has 0 bridgehead atoms. The summed E-state index contributed by atoms with van der Waals surface area (Å²) in [5.74, 6) is -2.80. The Hall–Kier alpha value is -2.57. The Morgan fingerprint density at radius 3 is 2.29 bits per heavy atom. The van der Waals surface area contributed by atoms with Crippen molar-refractivity contribution < 1.29 is 57.1 Å². The molecule has 3 fully saturated rings. The van der Waals surface area contributed by atoms with Crippen LogP contribution in [0.15, 0.2) is 0 Å². The molecule has 0 aromatic heterocycles. The molecule has 3 aliphatic rings. The van der Waals surface area contributed by atoms with Crippen molar-refractivity contribution in [3.8, 4) is 0 Å². The van der Waals surface area contributed by atoms with Gasteiger partial charge in [-0.15, -0.1) is 0 Å². The number of epoxide rings is 1. The van der Waals surface area contributed by atoms with Crippen LogP contribution in [-0.4, -0.2) is 85.3 Å². The number of hydrogen-bond donors (Lipinski definition) is 0. The van der Waals surface area contributed by atoms with E-state index in [9.17, 15) is 24.0 Å². The summed E-state index contributed by atoms with van der Waals surface area (Å²) in [5.41, 5.74) is 0. The van der Waals surface area contributed by atoms with Crippen molar-refractivity contribution in [1.82, 2.24) is 0 Å². The molecule has 0 radical (unpaired) electrons. The standard InChI is InChI=1S/C22H30O12/c1-10-5-15-21(34-15)16(6-14(26)7-19(27)29-10)32-20-8-17(30-12(3)24)22(31-13(4)25)18(33-20)9-28-11(2)23/h10,15-18,20-22H,5-9H2,1-4H3/t10-,15+,16?,17-,18-,20?,21+,22-/m1/s1. The first-order chi connectivity index (χ1) is 16.0. The molecular formula is C22H30O12. The van der Waals surface area contributed by atoms with Crippen molar-refractivity contribution in [2.45, 2.75) is 102 Å². The largest absolute Gasteiger partial charge is 0.463 e. The van der Waals surface area contributed by atoms with Crippen LogP contribution < -0.4 is 0 Å². The van der Waals surface area contributed by atoms with Gasteiger partial charge >= 0.3 is 23.9 Å². The van der Waals surface area contributed by atoms with E-state index in [0.29, 0.717) is 6.42 Å². The van der Waals surface area contributed by atoms with Crippen molar-refractivity contribution in [3.63, 3.8) is 0 Å². The van der Waals surface area contributed by atoms with Crippen molar-refractivity contribution in [2.75, 3.05) is 6.61 Å². The minimum Gasteiger partial charge on any atom is -0.463 e. The number of ketones is 1. The molecule has 0 N–H and O–H groups in total. The molecule has 0 amide bonds. The number of Topliss-reactive ketones (excluding diaryl/α,β-unsaturated/α-hetero) is 1. The number of carbonyl (C=O) groups excluding carboxylic acids is 5. The molecule has 0 aliphatic carbocycles. The Bertz CT molecular complexity index is 810. The third-order valence-electron chi connectivity index (χ3n) is 5.54. The van der Waals surface area contributed by atoms with Gasteiger partial charge in [-0.3, -0.25) is 24.0 Å². The summed E-state index contributed by atoms with van der Waals surface area (Å²) in [4.78, 5) is 59.0. The summed E-state index contributed by atoms with van der Waals surface area (Å²) >= 11 is 0. The van der Waals surface area contributed by atoms with Gasteiger partial charge < -0.3 is 33.2 Å². The smallest absolute Gasteiger partial charge is 0.313 e. The van der Waals surface area contributed by atoms with E-state index in [-0.39, 0.29) is 37.8 Å². The van der Waals surface area contributed by atoms with Crippen molar-refractivity contribution in [3.05, 3.63) is 0 Å². The number of fused-ring (bicyclic) bond motifs is 1. The maximum Gasteiger partial charge on any atom is 0.313 e. The van der Waals surface area contributed by atoms with E-state index in [1.165, 1.54) is 20.8 Å². The molecule has 3 rings (SSSR count). The van der Waals surface area contributed by atoms with Crippen LogP contribution in [0.4, 0.5) is 0 Å². The molecule has 3 aliphatic heterocycles. The predicted molar refractivity (Wildman–Crippen MR) is 109 cm³/mol. The summed E-state index contributed by atoms with van der Waals surface area (Å²) in [6.45, 7) is 5.06. The van der Waals surface area contributed by atoms with E-state index in [1.54, 1.807) is 6.92 Å². The molecule has 3 saturated heterocycles. The van der Waals surface area contributed by atoms with Gasteiger partial charge in [-0.05, 0) is 6.92 Å². The summed E-state index contributed by atoms with van der Waals surface area (Å²) < 4.78 is 38.6. The summed E-state index contributed by atoms with van der Waals surface area (Å²) in [6, 6.07) is 0. The highest BCUT2D eigenvalue weighted by atomic mass is 16.7. The van der Waals surface area contributed by atoms with Crippen molar-refractivity contribution >= 4 is 29.7 Å². The van der Waals surface area contributed by atoms with Gasteiger partial charge in [0.2, 0.25) is 0 Å². The average Bonchev–Trinajstić information content (AvgIpc) is 3.45. The molecule has 190 valence electrons. The van der Waals surface area contributed by atoms with Crippen LogP contribution in [-0.2, 0) is 57.1 Å². The average molecular weight is 486 g/mol. The van der Waals surface area contributed by atoms with E-state index < -0.39 is 66.8 Å². The first kappa shape index (κ1) is 26.0. The molecule has 0 saturated carbocycles. The predicted octanol–water partition coefficient (Wildman–Crippen LogP) is 0.365. The Morgan fingerprint density at radius 1 is 0.941 bits per heavy atom. The van der Waals surface area contributed by atoms with E-state index >= 15 is 0 Å². The highest BCUT2D eigenvalue weighted by molar-refractivity contribution is 5.95. The van der Waals surface area contributed by atoms with Crippen molar-refractivity contribution in [2.24, 2.45) is 0 Å². The fourth-order valence-electron chi connectivity index (χ4n) is 4.19. The molecular weight excluding hydrogens is 456 g/mol. The molecule has 3 heterocycles. The molecule has 8 atom stereocenters. The lowest BCUT2D eigenvalue weighted by atomic mass is 10.00.